The molecule has 0 aliphatic carbocycles. The van der Waals surface area contributed by atoms with Crippen LogP contribution in [0.15, 0.2) is 16.9 Å². The molecule has 0 atom stereocenters. The van der Waals surface area contributed by atoms with Gasteiger partial charge in [-0.1, -0.05) is 13.8 Å². The third kappa shape index (κ3) is 3.41. The molecule has 0 radical (unpaired) electrons. The van der Waals surface area contributed by atoms with Crippen molar-refractivity contribution < 1.29 is 4.79 Å². The molecule has 2 heterocycles. The van der Waals surface area contributed by atoms with Gasteiger partial charge in [0.15, 0.2) is 0 Å². The minimum atomic E-state index is -0.257. The number of anilines is 1. The van der Waals surface area contributed by atoms with Gasteiger partial charge in [-0.25, -0.2) is 4.98 Å². The van der Waals surface area contributed by atoms with Crippen LogP contribution in [0.25, 0.3) is 5.95 Å². The average molecular weight is 303 g/mol. The molecule has 2 N–H and O–H groups in total. The van der Waals surface area contributed by atoms with E-state index in [1.807, 2.05) is 20.8 Å². The Morgan fingerprint density at radius 1 is 1.27 bits per heavy atom. The summed E-state index contributed by atoms with van der Waals surface area (Å²) < 4.78 is 1.45. The molecule has 2 rings (SSSR count). The first-order valence-electron chi connectivity index (χ1n) is 7.40. The zero-order valence-corrected chi connectivity index (χ0v) is 13.3. The summed E-state index contributed by atoms with van der Waals surface area (Å²) in [5, 5.41) is 7.17. The highest BCUT2D eigenvalue weighted by atomic mass is 16.2. The Morgan fingerprint density at radius 3 is 2.55 bits per heavy atom. The number of H-pyrrole nitrogens is 1. The van der Waals surface area contributed by atoms with Crippen LogP contribution in [0, 0.1) is 19.8 Å². The molecule has 0 aromatic carbocycles. The molecular weight excluding hydrogens is 282 g/mol. The van der Waals surface area contributed by atoms with Crippen molar-refractivity contribution in [2.24, 2.45) is 5.92 Å². The molecule has 0 saturated carbocycles. The molecule has 0 bridgehead atoms. The summed E-state index contributed by atoms with van der Waals surface area (Å²) in [6, 6.07) is 3.16. The monoisotopic (exact) mass is 303 g/mol. The van der Waals surface area contributed by atoms with Gasteiger partial charge in [0.25, 0.3) is 5.56 Å². The van der Waals surface area contributed by atoms with Crippen molar-refractivity contribution in [2.75, 3.05) is 5.32 Å². The highest BCUT2D eigenvalue weighted by Crippen LogP contribution is 2.17. The van der Waals surface area contributed by atoms with Crippen molar-refractivity contribution in [3.63, 3.8) is 0 Å². The lowest BCUT2D eigenvalue weighted by atomic mass is 10.0. The Labute approximate surface area is 128 Å². The standard InChI is InChI=1S/C15H21N5O2/c1-5-11(6-2)14(22)17-12-7-10(4)19-20(12)15-16-9(3)8-13(21)18-15/h7-8,11H,5-6H2,1-4H3,(H,17,22)(H,16,18,21). The molecule has 2 aromatic heterocycles. The van der Waals surface area contributed by atoms with Crippen molar-refractivity contribution >= 4 is 11.7 Å². The van der Waals surface area contributed by atoms with Crippen molar-refractivity contribution in [1.29, 1.82) is 0 Å². The SMILES string of the molecule is CCC(CC)C(=O)Nc1cc(C)nn1-c1nc(C)cc(=O)[nH]1. The second-order valence-corrected chi connectivity index (χ2v) is 5.30. The average Bonchev–Trinajstić information content (AvgIpc) is 2.80. The van der Waals surface area contributed by atoms with E-state index in [0.717, 1.165) is 18.5 Å². The third-order valence-corrected chi connectivity index (χ3v) is 3.50. The van der Waals surface area contributed by atoms with Gasteiger partial charge in [0.2, 0.25) is 11.9 Å². The molecule has 118 valence electrons. The zero-order valence-electron chi connectivity index (χ0n) is 13.3. The first-order chi connectivity index (χ1) is 10.4. The number of carbonyl (C=O) groups is 1. The van der Waals surface area contributed by atoms with E-state index in [0.29, 0.717) is 11.5 Å². The van der Waals surface area contributed by atoms with Crippen LogP contribution in [0.2, 0.25) is 0 Å². The lowest BCUT2D eigenvalue weighted by Gasteiger charge is -2.13. The van der Waals surface area contributed by atoms with Gasteiger partial charge in [-0.15, -0.1) is 0 Å². The number of rotatable bonds is 5. The maximum atomic E-state index is 12.3. The summed E-state index contributed by atoms with van der Waals surface area (Å²) in [6.07, 6.45) is 1.55. The first kappa shape index (κ1) is 15.9. The summed E-state index contributed by atoms with van der Waals surface area (Å²) in [5.74, 6) is 0.690. The number of aryl methyl sites for hydroxylation is 2. The smallest absolute Gasteiger partial charge is 0.252 e. The van der Waals surface area contributed by atoms with E-state index in [1.54, 1.807) is 13.0 Å². The van der Waals surface area contributed by atoms with Crippen molar-refractivity contribution in [1.82, 2.24) is 19.7 Å². The molecule has 0 spiro atoms. The van der Waals surface area contributed by atoms with Crippen LogP contribution >= 0.6 is 0 Å². The maximum Gasteiger partial charge on any atom is 0.252 e. The lowest BCUT2D eigenvalue weighted by molar-refractivity contribution is -0.120. The van der Waals surface area contributed by atoms with Crippen LogP contribution in [0.3, 0.4) is 0 Å². The molecule has 1 amide bonds. The highest BCUT2D eigenvalue weighted by molar-refractivity contribution is 5.91. The molecule has 0 fully saturated rings. The molecule has 7 nitrogen and oxygen atoms in total. The van der Waals surface area contributed by atoms with E-state index in [-0.39, 0.29) is 23.3 Å². The van der Waals surface area contributed by atoms with Crippen LogP contribution in [-0.4, -0.2) is 25.7 Å². The fourth-order valence-corrected chi connectivity index (χ4v) is 2.30. The van der Waals surface area contributed by atoms with Gasteiger partial charge >= 0.3 is 0 Å². The Morgan fingerprint density at radius 2 is 1.95 bits per heavy atom. The Bertz CT molecular complexity index is 728. The molecule has 0 aliphatic heterocycles. The number of hydrogen-bond donors (Lipinski definition) is 2. The summed E-state index contributed by atoms with van der Waals surface area (Å²) in [5.41, 5.74) is 1.06. The van der Waals surface area contributed by atoms with Gasteiger partial charge in [-0.05, 0) is 26.7 Å². The number of nitrogens with one attached hydrogen (secondary N) is 2. The van der Waals surface area contributed by atoms with Crippen LogP contribution in [0.5, 0.6) is 0 Å². The van der Waals surface area contributed by atoms with E-state index in [2.05, 4.69) is 20.4 Å². The van der Waals surface area contributed by atoms with E-state index in [9.17, 15) is 9.59 Å². The predicted molar refractivity (Wildman–Crippen MR) is 84.2 cm³/mol. The number of nitrogens with zero attached hydrogens (tertiary/aromatic N) is 3. The second kappa shape index (κ2) is 6.55. The first-order valence-corrected chi connectivity index (χ1v) is 7.40. The van der Waals surface area contributed by atoms with Gasteiger partial charge in [0.05, 0.1) is 5.69 Å². The Hall–Kier alpha value is -2.44. The van der Waals surface area contributed by atoms with E-state index >= 15 is 0 Å². The molecule has 2 aromatic rings. The number of carbonyl (C=O) groups excluding carboxylic acids is 1. The topological polar surface area (TPSA) is 92.7 Å². The van der Waals surface area contributed by atoms with E-state index in [4.69, 9.17) is 0 Å². The molecule has 0 saturated heterocycles. The number of aromatic nitrogens is 4. The molecule has 0 aliphatic rings. The number of hydrogen-bond acceptors (Lipinski definition) is 4. The van der Waals surface area contributed by atoms with E-state index in [1.165, 1.54) is 10.7 Å². The Balaban J connectivity index is 2.38. The van der Waals surface area contributed by atoms with Gasteiger partial charge in [-0.3, -0.25) is 14.6 Å². The van der Waals surface area contributed by atoms with Gasteiger partial charge in [0, 0.05) is 23.7 Å². The van der Waals surface area contributed by atoms with Gasteiger partial charge in [-0.2, -0.15) is 9.78 Å². The highest BCUT2D eigenvalue weighted by Gasteiger charge is 2.18. The molecule has 22 heavy (non-hydrogen) atoms. The molecular formula is C15H21N5O2. The van der Waals surface area contributed by atoms with Crippen LogP contribution < -0.4 is 10.9 Å². The van der Waals surface area contributed by atoms with Gasteiger partial charge in [0.1, 0.15) is 5.82 Å². The number of aromatic amines is 1. The fourth-order valence-electron chi connectivity index (χ4n) is 2.30. The normalized spacial score (nSPS) is 11.0. The minimum absolute atomic E-state index is 0.0480. The van der Waals surface area contributed by atoms with Crippen molar-refractivity contribution in [2.45, 2.75) is 40.5 Å². The minimum Gasteiger partial charge on any atom is -0.310 e. The van der Waals surface area contributed by atoms with Crippen LogP contribution in [0.1, 0.15) is 38.1 Å². The third-order valence-electron chi connectivity index (χ3n) is 3.50. The summed E-state index contributed by atoms with van der Waals surface area (Å²) >= 11 is 0. The summed E-state index contributed by atoms with van der Waals surface area (Å²) in [7, 11) is 0. The van der Waals surface area contributed by atoms with Crippen molar-refractivity contribution in [3.05, 3.63) is 33.9 Å². The summed E-state index contributed by atoms with van der Waals surface area (Å²) in [4.78, 5) is 30.8. The molecule has 7 heteroatoms. The second-order valence-electron chi connectivity index (χ2n) is 5.30. The number of amides is 1. The zero-order chi connectivity index (χ0) is 16.3. The largest absolute Gasteiger partial charge is 0.310 e. The van der Waals surface area contributed by atoms with Crippen molar-refractivity contribution in [3.8, 4) is 5.95 Å². The quantitative estimate of drug-likeness (QED) is 0.883. The fraction of sp³-hybridized carbons (Fsp3) is 0.467. The molecule has 0 unspecified atom stereocenters. The lowest BCUT2D eigenvalue weighted by Crippen LogP contribution is -2.24. The Kier molecular flexibility index (Phi) is 4.75. The van der Waals surface area contributed by atoms with Crippen LogP contribution in [-0.2, 0) is 4.79 Å². The maximum absolute atomic E-state index is 12.3. The predicted octanol–water partition coefficient (Wildman–Crippen LogP) is 1.95. The van der Waals surface area contributed by atoms with E-state index < -0.39 is 0 Å². The van der Waals surface area contributed by atoms with Crippen LogP contribution in [0.4, 0.5) is 5.82 Å². The summed E-state index contributed by atoms with van der Waals surface area (Å²) in [6.45, 7) is 7.51. The van der Waals surface area contributed by atoms with Gasteiger partial charge < -0.3 is 5.32 Å².